The summed E-state index contributed by atoms with van der Waals surface area (Å²) in [6, 6.07) is 24.4. The Kier molecular flexibility index (Phi) is 6.39. The third-order valence-electron chi connectivity index (χ3n) is 6.14. The SMILES string of the molecule is CCOc1ccc(C(=O)Nc2c(C(=O)N3CCN(c4ccccc4)CC3)oc3ccccc23)cc1. The van der Waals surface area contributed by atoms with Crippen LogP contribution in [-0.2, 0) is 0 Å². The first-order valence-corrected chi connectivity index (χ1v) is 11.8. The molecule has 7 nitrogen and oxygen atoms in total. The van der Waals surface area contributed by atoms with Crippen molar-refractivity contribution in [2.45, 2.75) is 6.92 Å². The lowest BCUT2D eigenvalue weighted by molar-refractivity contribution is 0.0718. The number of hydrogen-bond acceptors (Lipinski definition) is 5. The number of carbonyl (C=O) groups excluding carboxylic acids is 2. The summed E-state index contributed by atoms with van der Waals surface area (Å²) in [5.74, 6) is 0.306. The Hall–Kier alpha value is -4.26. The standard InChI is InChI=1S/C28H27N3O4/c1-2-34-22-14-12-20(13-15-22)27(32)29-25-23-10-6-7-11-24(23)35-26(25)28(33)31-18-16-30(17-19-31)21-8-4-3-5-9-21/h3-15H,2,16-19H2,1H3,(H,29,32). The molecular weight excluding hydrogens is 442 g/mol. The summed E-state index contributed by atoms with van der Waals surface area (Å²) in [5.41, 5.74) is 2.57. The minimum absolute atomic E-state index is 0.152. The van der Waals surface area contributed by atoms with E-state index in [4.69, 9.17) is 9.15 Å². The molecule has 1 aliphatic rings. The Bertz CT molecular complexity index is 1320. The average molecular weight is 470 g/mol. The van der Waals surface area contributed by atoms with E-state index in [9.17, 15) is 9.59 Å². The predicted octanol–water partition coefficient (Wildman–Crippen LogP) is 5.05. The Morgan fingerprint density at radius 3 is 2.29 bits per heavy atom. The molecule has 35 heavy (non-hydrogen) atoms. The van der Waals surface area contributed by atoms with Gasteiger partial charge < -0.3 is 24.3 Å². The van der Waals surface area contributed by atoms with Crippen molar-refractivity contribution in [1.29, 1.82) is 0 Å². The van der Waals surface area contributed by atoms with Crippen LogP contribution in [0.2, 0.25) is 0 Å². The number of furan rings is 1. The van der Waals surface area contributed by atoms with Gasteiger partial charge in [-0.1, -0.05) is 30.3 Å². The third-order valence-corrected chi connectivity index (χ3v) is 6.14. The van der Waals surface area contributed by atoms with Crippen molar-refractivity contribution in [3.8, 4) is 5.75 Å². The summed E-state index contributed by atoms with van der Waals surface area (Å²) in [5, 5.41) is 3.62. The number of anilines is 2. The van der Waals surface area contributed by atoms with E-state index in [0.717, 1.165) is 18.8 Å². The van der Waals surface area contributed by atoms with Crippen LogP contribution in [0.15, 0.2) is 83.3 Å². The lowest BCUT2D eigenvalue weighted by Gasteiger charge is -2.35. The lowest BCUT2D eigenvalue weighted by atomic mass is 10.1. The van der Waals surface area contributed by atoms with Crippen LogP contribution in [0.25, 0.3) is 11.0 Å². The Balaban J connectivity index is 1.37. The number of benzene rings is 3. The highest BCUT2D eigenvalue weighted by Crippen LogP contribution is 2.32. The first-order chi connectivity index (χ1) is 17.1. The lowest BCUT2D eigenvalue weighted by Crippen LogP contribution is -2.48. The fourth-order valence-electron chi connectivity index (χ4n) is 4.33. The van der Waals surface area contributed by atoms with Crippen LogP contribution in [0.1, 0.15) is 27.8 Å². The van der Waals surface area contributed by atoms with Crippen LogP contribution in [-0.4, -0.2) is 49.5 Å². The van der Waals surface area contributed by atoms with Crippen LogP contribution >= 0.6 is 0 Å². The Labute approximate surface area is 203 Å². The third kappa shape index (κ3) is 4.71. The van der Waals surface area contributed by atoms with Crippen molar-refractivity contribution in [2.24, 2.45) is 0 Å². The number of carbonyl (C=O) groups is 2. The van der Waals surface area contributed by atoms with Crippen LogP contribution in [0, 0.1) is 0 Å². The normalized spacial score (nSPS) is 13.6. The number of amides is 2. The van der Waals surface area contributed by atoms with Gasteiger partial charge in [-0.15, -0.1) is 0 Å². The molecule has 0 bridgehead atoms. The van der Waals surface area contributed by atoms with Crippen molar-refractivity contribution in [3.05, 3.63) is 90.2 Å². The number of para-hydroxylation sites is 2. The van der Waals surface area contributed by atoms with Crippen LogP contribution in [0.5, 0.6) is 5.75 Å². The highest BCUT2D eigenvalue weighted by Gasteiger charge is 2.29. The summed E-state index contributed by atoms with van der Waals surface area (Å²) in [7, 11) is 0. The molecule has 1 fully saturated rings. The molecule has 2 heterocycles. The van der Waals surface area contributed by atoms with Gasteiger partial charge in [-0.2, -0.15) is 0 Å². The Morgan fingerprint density at radius 2 is 1.57 bits per heavy atom. The first-order valence-electron chi connectivity index (χ1n) is 11.8. The molecule has 0 saturated carbocycles. The summed E-state index contributed by atoms with van der Waals surface area (Å²) >= 11 is 0. The van der Waals surface area contributed by atoms with Gasteiger partial charge in [-0.3, -0.25) is 9.59 Å². The van der Waals surface area contributed by atoms with Crippen LogP contribution in [0.3, 0.4) is 0 Å². The number of nitrogens with one attached hydrogen (secondary N) is 1. The van der Waals surface area contributed by atoms with Crippen molar-refractivity contribution >= 4 is 34.2 Å². The zero-order chi connectivity index (χ0) is 24.2. The van der Waals surface area contributed by atoms with Gasteiger partial charge in [0.15, 0.2) is 0 Å². The number of hydrogen-bond donors (Lipinski definition) is 1. The molecule has 1 saturated heterocycles. The van der Waals surface area contributed by atoms with E-state index >= 15 is 0 Å². The maximum atomic E-state index is 13.5. The molecular formula is C28H27N3O4. The average Bonchev–Trinajstić information content (AvgIpc) is 3.27. The molecule has 1 aromatic heterocycles. The van der Waals surface area contributed by atoms with Gasteiger partial charge in [-0.25, -0.2) is 0 Å². The van der Waals surface area contributed by atoms with E-state index < -0.39 is 0 Å². The predicted molar refractivity (Wildman–Crippen MR) is 136 cm³/mol. The van der Waals surface area contributed by atoms with Crippen LogP contribution in [0.4, 0.5) is 11.4 Å². The second-order valence-electron chi connectivity index (χ2n) is 8.33. The fourth-order valence-corrected chi connectivity index (χ4v) is 4.33. The molecule has 4 aromatic rings. The first kappa shape index (κ1) is 22.5. The smallest absolute Gasteiger partial charge is 0.291 e. The van der Waals surface area contributed by atoms with E-state index in [1.54, 1.807) is 35.2 Å². The minimum Gasteiger partial charge on any atom is -0.494 e. The molecule has 5 rings (SSSR count). The monoisotopic (exact) mass is 469 g/mol. The second kappa shape index (κ2) is 9.93. The fraction of sp³-hybridized carbons (Fsp3) is 0.214. The van der Waals surface area contributed by atoms with E-state index in [1.807, 2.05) is 43.3 Å². The van der Waals surface area contributed by atoms with Crippen molar-refractivity contribution in [1.82, 2.24) is 4.90 Å². The molecule has 0 radical (unpaired) electrons. The van der Waals surface area contributed by atoms with Gasteiger partial charge in [0.05, 0.1) is 6.61 Å². The molecule has 0 aliphatic carbocycles. The molecule has 2 amide bonds. The molecule has 1 N–H and O–H groups in total. The van der Waals surface area contributed by atoms with Gasteiger partial charge in [0.25, 0.3) is 11.8 Å². The van der Waals surface area contributed by atoms with Crippen molar-refractivity contribution < 1.29 is 18.7 Å². The largest absolute Gasteiger partial charge is 0.494 e. The quantitative estimate of drug-likeness (QED) is 0.428. The molecule has 178 valence electrons. The second-order valence-corrected chi connectivity index (χ2v) is 8.33. The minimum atomic E-state index is -0.317. The van der Waals surface area contributed by atoms with Crippen molar-refractivity contribution in [2.75, 3.05) is 43.0 Å². The summed E-state index contributed by atoms with van der Waals surface area (Å²) in [6.45, 7) is 5.05. The van der Waals surface area contributed by atoms with E-state index in [1.165, 1.54) is 0 Å². The molecule has 1 aliphatic heterocycles. The molecule has 0 atom stereocenters. The molecule has 0 unspecified atom stereocenters. The summed E-state index contributed by atoms with van der Waals surface area (Å²) < 4.78 is 11.4. The molecule has 3 aromatic carbocycles. The number of fused-ring (bicyclic) bond motifs is 1. The van der Waals surface area contributed by atoms with Gasteiger partial charge in [-0.05, 0) is 55.5 Å². The van der Waals surface area contributed by atoms with Gasteiger partial charge in [0, 0.05) is 42.8 Å². The van der Waals surface area contributed by atoms with Gasteiger partial charge in [0.2, 0.25) is 5.76 Å². The summed E-state index contributed by atoms with van der Waals surface area (Å²) in [4.78, 5) is 30.6. The van der Waals surface area contributed by atoms with E-state index in [0.29, 0.717) is 47.7 Å². The van der Waals surface area contributed by atoms with Gasteiger partial charge >= 0.3 is 0 Å². The number of ether oxygens (including phenoxy) is 1. The maximum absolute atomic E-state index is 13.5. The number of nitrogens with zero attached hydrogens (tertiary/aromatic N) is 2. The highest BCUT2D eigenvalue weighted by atomic mass is 16.5. The van der Waals surface area contributed by atoms with E-state index in [-0.39, 0.29) is 17.6 Å². The molecule has 0 spiro atoms. The van der Waals surface area contributed by atoms with E-state index in [2.05, 4.69) is 22.3 Å². The number of piperazine rings is 1. The maximum Gasteiger partial charge on any atom is 0.291 e. The summed E-state index contributed by atoms with van der Waals surface area (Å²) in [6.07, 6.45) is 0. The zero-order valence-electron chi connectivity index (χ0n) is 19.6. The van der Waals surface area contributed by atoms with Gasteiger partial charge in [0.1, 0.15) is 17.0 Å². The Morgan fingerprint density at radius 1 is 0.886 bits per heavy atom. The van der Waals surface area contributed by atoms with Crippen LogP contribution < -0.4 is 15.0 Å². The number of rotatable bonds is 6. The topological polar surface area (TPSA) is 75.0 Å². The molecule has 7 heteroatoms. The zero-order valence-corrected chi connectivity index (χ0v) is 19.6. The van der Waals surface area contributed by atoms with Crippen molar-refractivity contribution in [3.63, 3.8) is 0 Å². The highest BCUT2D eigenvalue weighted by molar-refractivity contribution is 6.14.